The topological polar surface area (TPSA) is 105 Å². The molecule has 0 saturated heterocycles. The number of anilines is 1. The molecule has 3 N–H and O–H groups in total. The number of hydrogen-bond acceptors (Lipinski definition) is 5. The molecule has 0 atom stereocenters. The van der Waals surface area contributed by atoms with Gasteiger partial charge in [-0.25, -0.2) is 9.59 Å². The molecule has 0 aliphatic rings. The lowest BCUT2D eigenvalue weighted by Gasteiger charge is -2.19. The van der Waals surface area contributed by atoms with Crippen molar-refractivity contribution in [1.82, 2.24) is 0 Å². The van der Waals surface area contributed by atoms with Crippen LogP contribution in [0.4, 0.5) is 5.69 Å². The maximum absolute atomic E-state index is 11.4. The first kappa shape index (κ1) is 16.9. The minimum absolute atomic E-state index is 0.0104. The van der Waals surface area contributed by atoms with Crippen molar-refractivity contribution in [2.45, 2.75) is 20.1 Å². The molecule has 7 nitrogen and oxygen atoms in total. The summed E-state index contributed by atoms with van der Waals surface area (Å²) < 4.78 is 10.0. The van der Waals surface area contributed by atoms with E-state index in [1.54, 1.807) is 6.92 Å². The van der Waals surface area contributed by atoms with E-state index in [4.69, 9.17) is 9.47 Å². The van der Waals surface area contributed by atoms with Crippen LogP contribution in [-0.4, -0.2) is 49.2 Å². The highest BCUT2D eigenvalue weighted by Crippen LogP contribution is 2.26. The lowest BCUT2D eigenvalue weighted by molar-refractivity contribution is -0.0914. The van der Waals surface area contributed by atoms with Crippen LogP contribution in [0.5, 0.6) is 0 Å². The molecule has 1 rings (SSSR count). The van der Waals surface area contributed by atoms with Crippen molar-refractivity contribution in [1.29, 1.82) is 0 Å². The highest BCUT2D eigenvalue weighted by Gasteiger charge is 2.21. The molecule has 0 bridgehead atoms. The molecule has 0 saturated carbocycles. The third-order valence-corrected chi connectivity index (χ3v) is 3.28. The average Bonchev–Trinajstić information content (AvgIpc) is 2.41. The van der Waals surface area contributed by atoms with E-state index in [9.17, 15) is 19.8 Å². The zero-order valence-electron chi connectivity index (χ0n) is 12.4. The minimum atomic E-state index is -1.17. The smallest absolute Gasteiger partial charge is 0.336 e. The molecular weight excluding hydrogens is 278 g/mol. The molecule has 0 aromatic heterocycles. The summed E-state index contributed by atoms with van der Waals surface area (Å²) in [6.07, 6.45) is -0.521. The molecule has 7 heteroatoms. The van der Waals surface area contributed by atoms with Gasteiger partial charge in [-0.05, 0) is 31.0 Å². The van der Waals surface area contributed by atoms with Crippen LogP contribution in [0.1, 0.15) is 31.8 Å². The van der Waals surface area contributed by atoms with Crippen molar-refractivity contribution in [3.8, 4) is 0 Å². The van der Waals surface area contributed by atoms with E-state index in [-0.39, 0.29) is 23.2 Å². The van der Waals surface area contributed by atoms with Gasteiger partial charge < -0.3 is 25.0 Å². The van der Waals surface area contributed by atoms with Crippen molar-refractivity contribution >= 4 is 17.6 Å². The first-order valence-electron chi connectivity index (χ1n) is 6.23. The lowest BCUT2D eigenvalue weighted by Crippen LogP contribution is -2.24. The van der Waals surface area contributed by atoms with Gasteiger partial charge in [-0.3, -0.25) is 0 Å². The van der Waals surface area contributed by atoms with E-state index in [0.717, 1.165) is 0 Å². The molecule has 0 unspecified atom stereocenters. The number of methoxy groups -OCH3 is 2. The zero-order chi connectivity index (χ0) is 16.2. The van der Waals surface area contributed by atoms with Crippen molar-refractivity contribution in [3.63, 3.8) is 0 Å². The molecule has 0 aliphatic carbocycles. The Morgan fingerprint density at radius 3 is 2.14 bits per heavy atom. The standard InChI is InChI=1S/C14H19NO6/c1-7-9(13(16)17)5-10(8(2)12(7)14(18)19)15-6-11(20-3)21-4/h5,11,15H,6H2,1-4H3,(H,16,17)(H,18,19). The molecule has 0 heterocycles. The Hall–Kier alpha value is -2.12. The van der Waals surface area contributed by atoms with E-state index in [0.29, 0.717) is 11.3 Å². The first-order valence-corrected chi connectivity index (χ1v) is 6.23. The third kappa shape index (κ3) is 3.71. The van der Waals surface area contributed by atoms with Crippen LogP contribution < -0.4 is 5.32 Å². The molecule has 0 fully saturated rings. The number of aromatic carboxylic acids is 2. The first-order chi connectivity index (χ1) is 9.83. The van der Waals surface area contributed by atoms with Gasteiger partial charge in [0.1, 0.15) is 0 Å². The fourth-order valence-electron chi connectivity index (χ4n) is 2.09. The van der Waals surface area contributed by atoms with Crippen molar-refractivity contribution < 1.29 is 29.3 Å². The molecule has 0 amide bonds. The van der Waals surface area contributed by atoms with Gasteiger partial charge in [-0.1, -0.05) is 0 Å². The molecule has 21 heavy (non-hydrogen) atoms. The van der Waals surface area contributed by atoms with Crippen LogP contribution in [0.15, 0.2) is 6.07 Å². The van der Waals surface area contributed by atoms with Crippen LogP contribution >= 0.6 is 0 Å². The maximum Gasteiger partial charge on any atom is 0.336 e. The quantitative estimate of drug-likeness (QED) is 0.658. The van der Waals surface area contributed by atoms with Crippen LogP contribution in [0.3, 0.4) is 0 Å². The number of benzene rings is 1. The summed E-state index contributed by atoms with van der Waals surface area (Å²) in [6.45, 7) is 3.37. The Morgan fingerprint density at radius 2 is 1.71 bits per heavy atom. The second-order valence-corrected chi connectivity index (χ2v) is 4.49. The van der Waals surface area contributed by atoms with Crippen LogP contribution in [0.25, 0.3) is 0 Å². The molecule has 1 aromatic rings. The number of carbonyl (C=O) groups is 2. The molecule has 116 valence electrons. The Balaban J connectivity index is 3.26. The number of hydrogen-bond donors (Lipinski definition) is 3. The summed E-state index contributed by atoms with van der Waals surface area (Å²) in [6, 6.07) is 1.42. The van der Waals surface area contributed by atoms with E-state index in [1.165, 1.54) is 27.2 Å². The van der Waals surface area contributed by atoms with Crippen molar-refractivity contribution in [3.05, 3.63) is 28.3 Å². The molecule has 1 aromatic carbocycles. The van der Waals surface area contributed by atoms with Gasteiger partial charge in [0.2, 0.25) is 0 Å². The molecule has 0 aliphatic heterocycles. The molecule has 0 spiro atoms. The van der Waals surface area contributed by atoms with Gasteiger partial charge in [0.25, 0.3) is 0 Å². The highest BCUT2D eigenvalue weighted by molar-refractivity contribution is 5.99. The summed E-state index contributed by atoms with van der Waals surface area (Å²) in [5.41, 5.74) is 1.06. The second-order valence-electron chi connectivity index (χ2n) is 4.49. The number of carboxylic acids is 2. The summed E-state index contributed by atoms with van der Waals surface area (Å²) in [4.78, 5) is 22.6. The number of nitrogens with one attached hydrogen (secondary N) is 1. The summed E-state index contributed by atoms with van der Waals surface area (Å²) in [5, 5.41) is 21.4. The van der Waals surface area contributed by atoms with E-state index >= 15 is 0 Å². The van der Waals surface area contributed by atoms with Gasteiger partial charge in [0, 0.05) is 19.9 Å². The summed E-state index contributed by atoms with van der Waals surface area (Å²) in [7, 11) is 2.95. The Bertz CT molecular complexity index is 551. The predicted octanol–water partition coefficient (Wildman–Crippen LogP) is 1.73. The Morgan fingerprint density at radius 1 is 1.14 bits per heavy atom. The van der Waals surface area contributed by atoms with Gasteiger partial charge in [-0.2, -0.15) is 0 Å². The summed E-state index contributed by atoms with van der Waals surface area (Å²) in [5.74, 6) is -2.33. The largest absolute Gasteiger partial charge is 0.478 e. The third-order valence-electron chi connectivity index (χ3n) is 3.28. The van der Waals surface area contributed by atoms with Crippen molar-refractivity contribution in [2.75, 3.05) is 26.1 Å². The van der Waals surface area contributed by atoms with E-state index in [1.807, 2.05) is 0 Å². The number of rotatable bonds is 7. The fraction of sp³-hybridized carbons (Fsp3) is 0.429. The second kappa shape index (κ2) is 7.05. The fourth-order valence-corrected chi connectivity index (χ4v) is 2.09. The normalized spacial score (nSPS) is 10.7. The SMILES string of the molecule is COC(CNc1cc(C(=O)O)c(C)c(C(=O)O)c1C)OC. The van der Waals surface area contributed by atoms with Gasteiger partial charge in [0.05, 0.1) is 17.7 Å². The maximum atomic E-state index is 11.4. The highest BCUT2D eigenvalue weighted by atomic mass is 16.7. The van der Waals surface area contributed by atoms with E-state index in [2.05, 4.69) is 5.32 Å². The van der Waals surface area contributed by atoms with Crippen LogP contribution in [0.2, 0.25) is 0 Å². The van der Waals surface area contributed by atoms with Crippen molar-refractivity contribution in [2.24, 2.45) is 0 Å². The number of carboxylic acid groups (broad SMARTS) is 2. The monoisotopic (exact) mass is 297 g/mol. The zero-order valence-corrected chi connectivity index (χ0v) is 12.4. The minimum Gasteiger partial charge on any atom is -0.478 e. The van der Waals surface area contributed by atoms with E-state index < -0.39 is 18.2 Å². The van der Waals surface area contributed by atoms with Crippen LogP contribution in [-0.2, 0) is 9.47 Å². The Labute approximate surface area is 122 Å². The van der Waals surface area contributed by atoms with Gasteiger partial charge in [-0.15, -0.1) is 0 Å². The molecule has 0 radical (unpaired) electrons. The van der Waals surface area contributed by atoms with Gasteiger partial charge >= 0.3 is 11.9 Å². The Kier molecular flexibility index (Phi) is 5.69. The average molecular weight is 297 g/mol. The van der Waals surface area contributed by atoms with Crippen LogP contribution in [0, 0.1) is 13.8 Å². The summed E-state index contributed by atoms with van der Waals surface area (Å²) >= 11 is 0. The molecular formula is C14H19NO6. The number of ether oxygens (including phenoxy) is 2. The lowest BCUT2D eigenvalue weighted by atomic mass is 9.95. The predicted molar refractivity (Wildman–Crippen MR) is 76.1 cm³/mol. The van der Waals surface area contributed by atoms with Gasteiger partial charge in [0.15, 0.2) is 6.29 Å².